The van der Waals surface area contributed by atoms with Crippen LogP contribution in [-0.4, -0.2) is 18.2 Å². The van der Waals surface area contributed by atoms with Crippen molar-refractivity contribution in [1.29, 1.82) is 0 Å². The first-order valence-electron chi connectivity index (χ1n) is 6.89. The minimum absolute atomic E-state index is 0.332. The van der Waals surface area contributed by atoms with Crippen LogP contribution in [0, 0.1) is 11.3 Å². The lowest BCUT2D eigenvalue weighted by Gasteiger charge is -2.26. The average molecular weight is 258 g/mol. The Balaban J connectivity index is 3.72. The lowest BCUT2D eigenvalue weighted by Crippen LogP contribution is -2.41. The normalized spacial score (nSPS) is 11.6. The molecule has 0 heterocycles. The Morgan fingerprint density at radius 3 is 2.35 bits per heavy atom. The van der Waals surface area contributed by atoms with Crippen LogP contribution in [0.5, 0.6) is 0 Å². The molecular formula is C14H30N2S. The molecule has 0 saturated carbocycles. The maximum Gasteiger partial charge on any atom is 0.166 e. The van der Waals surface area contributed by atoms with Gasteiger partial charge in [0.25, 0.3) is 0 Å². The van der Waals surface area contributed by atoms with Crippen LogP contribution in [0.4, 0.5) is 0 Å². The van der Waals surface area contributed by atoms with Crippen LogP contribution in [0.3, 0.4) is 0 Å². The van der Waals surface area contributed by atoms with Crippen LogP contribution in [0.25, 0.3) is 0 Å². The molecule has 0 aliphatic heterocycles. The summed E-state index contributed by atoms with van der Waals surface area (Å²) in [6.45, 7) is 13.1. The fourth-order valence-corrected chi connectivity index (χ4v) is 1.78. The lowest BCUT2D eigenvalue weighted by molar-refractivity contribution is 0.319. The van der Waals surface area contributed by atoms with Crippen molar-refractivity contribution in [3.05, 3.63) is 0 Å². The van der Waals surface area contributed by atoms with Crippen molar-refractivity contribution in [2.75, 3.05) is 13.1 Å². The Kier molecular flexibility index (Phi) is 8.57. The Hall–Kier alpha value is -0.310. The Labute approximate surface area is 113 Å². The Bertz CT molecular complexity index is 212. The van der Waals surface area contributed by atoms with Gasteiger partial charge >= 0.3 is 0 Å². The second kappa shape index (κ2) is 8.73. The second-order valence-corrected chi connectivity index (χ2v) is 6.49. The van der Waals surface area contributed by atoms with E-state index in [1.807, 2.05) is 0 Å². The summed E-state index contributed by atoms with van der Waals surface area (Å²) in [6.07, 6.45) is 5.20. The molecule has 0 radical (unpaired) electrons. The predicted molar refractivity (Wildman–Crippen MR) is 81.4 cm³/mol. The van der Waals surface area contributed by atoms with Gasteiger partial charge in [0.15, 0.2) is 5.11 Å². The van der Waals surface area contributed by atoms with Crippen LogP contribution in [0.15, 0.2) is 0 Å². The van der Waals surface area contributed by atoms with Crippen molar-refractivity contribution in [3.63, 3.8) is 0 Å². The first-order valence-corrected chi connectivity index (χ1v) is 7.30. The van der Waals surface area contributed by atoms with E-state index in [0.29, 0.717) is 11.3 Å². The molecule has 2 N–H and O–H groups in total. The summed E-state index contributed by atoms with van der Waals surface area (Å²) in [7, 11) is 0. The highest BCUT2D eigenvalue weighted by atomic mass is 32.1. The zero-order chi connectivity index (χ0) is 13.3. The lowest BCUT2D eigenvalue weighted by atomic mass is 9.87. The molecule has 0 aromatic carbocycles. The van der Waals surface area contributed by atoms with Crippen LogP contribution in [0.1, 0.15) is 60.3 Å². The molecule has 0 fully saturated rings. The van der Waals surface area contributed by atoms with Crippen molar-refractivity contribution >= 4 is 17.3 Å². The van der Waals surface area contributed by atoms with Crippen molar-refractivity contribution in [2.45, 2.75) is 60.3 Å². The highest BCUT2D eigenvalue weighted by molar-refractivity contribution is 7.80. The summed E-state index contributed by atoms with van der Waals surface area (Å²) in [5.74, 6) is 0.632. The highest BCUT2D eigenvalue weighted by Gasteiger charge is 2.17. The fraction of sp³-hybridized carbons (Fsp3) is 0.929. The number of hydrogen-bond acceptors (Lipinski definition) is 1. The third kappa shape index (κ3) is 10.6. The molecule has 0 unspecified atom stereocenters. The van der Waals surface area contributed by atoms with Gasteiger partial charge in [0.2, 0.25) is 0 Å². The fourth-order valence-electron chi connectivity index (χ4n) is 1.62. The van der Waals surface area contributed by atoms with Gasteiger partial charge in [-0.05, 0) is 30.0 Å². The van der Waals surface area contributed by atoms with E-state index in [2.05, 4.69) is 45.3 Å². The molecule has 17 heavy (non-hydrogen) atoms. The molecule has 0 atom stereocenters. The molecule has 0 rings (SSSR count). The molecule has 3 heteroatoms. The average Bonchev–Trinajstić information content (AvgIpc) is 2.24. The van der Waals surface area contributed by atoms with E-state index in [-0.39, 0.29) is 0 Å². The standard InChI is InChI=1S/C14H30N2S/c1-6-7-8-9-14(4,5)11-16-13(17)15-10-12(2)3/h12H,6-11H2,1-5H3,(H2,15,16,17). The zero-order valence-electron chi connectivity index (χ0n) is 12.2. The molecule has 102 valence electrons. The van der Waals surface area contributed by atoms with E-state index in [0.717, 1.165) is 18.2 Å². The molecule has 0 amide bonds. The minimum Gasteiger partial charge on any atom is -0.362 e. The van der Waals surface area contributed by atoms with Gasteiger partial charge in [-0.1, -0.05) is 53.9 Å². The van der Waals surface area contributed by atoms with Gasteiger partial charge in [-0.15, -0.1) is 0 Å². The maximum absolute atomic E-state index is 5.25. The summed E-state index contributed by atoms with van der Waals surface area (Å²) >= 11 is 5.25. The molecule has 0 spiro atoms. The SMILES string of the molecule is CCCCCC(C)(C)CNC(=S)NCC(C)C. The largest absolute Gasteiger partial charge is 0.362 e. The number of rotatable bonds is 8. The highest BCUT2D eigenvalue weighted by Crippen LogP contribution is 2.22. The van der Waals surface area contributed by atoms with Gasteiger partial charge < -0.3 is 10.6 Å². The van der Waals surface area contributed by atoms with E-state index >= 15 is 0 Å². The summed E-state index contributed by atoms with van der Waals surface area (Å²) in [5, 5.41) is 7.36. The number of hydrogen-bond donors (Lipinski definition) is 2. The van der Waals surface area contributed by atoms with Crippen molar-refractivity contribution < 1.29 is 0 Å². The van der Waals surface area contributed by atoms with E-state index < -0.39 is 0 Å². The van der Waals surface area contributed by atoms with Gasteiger partial charge in [0.05, 0.1) is 0 Å². The van der Waals surface area contributed by atoms with Gasteiger partial charge in [-0.3, -0.25) is 0 Å². The number of unbranched alkanes of at least 4 members (excludes halogenated alkanes) is 2. The van der Waals surface area contributed by atoms with Crippen molar-refractivity contribution in [3.8, 4) is 0 Å². The van der Waals surface area contributed by atoms with E-state index in [1.165, 1.54) is 25.7 Å². The number of thiocarbonyl (C=S) groups is 1. The zero-order valence-corrected chi connectivity index (χ0v) is 13.0. The predicted octanol–water partition coefficient (Wildman–Crippen LogP) is 3.71. The topological polar surface area (TPSA) is 24.1 Å². The van der Waals surface area contributed by atoms with Crippen molar-refractivity contribution in [1.82, 2.24) is 10.6 Å². The monoisotopic (exact) mass is 258 g/mol. The summed E-state index contributed by atoms with van der Waals surface area (Å²) in [4.78, 5) is 0. The third-order valence-electron chi connectivity index (χ3n) is 2.86. The van der Waals surface area contributed by atoms with Gasteiger partial charge in [0, 0.05) is 13.1 Å². The van der Waals surface area contributed by atoms with Crippen LogP contribution >= 0.6 is 12.2 Å². The molecule has 0 bridgehead atoms. The summed E-state index contributed by atoms with van der Waals surface area (Å²) in [5.41, 5.74) is 0.332. The molecule has 2 nitrogen and oxygen atoms in total. The molecular weight excluding hydrogens is 228 g/mol. The van der Waals surface area contributed by atoms with Crippen LogP contribution in [0.2, 0.25) is 0 Å². The first-order chi connectivity index (χ1) is 7.87. The van der Waals surface area contributed by atoms with E-state index in [1.54, 1.807) is 0 Å². The second-order valence-electron chi connectivity index (χ2n) is 6.08. The van der Waals surface area contributed by atoms with E-state index in [4.69, 9.17) is 12.2 Å². The summed E-state index contributed by atoms with van der Waals surface area (Å²) < 4.78 is 0. The molecule has 0 aromatic rings. The maximum atomic E-state index is 5.25. The van der Waals surface area contributed by atoms with Crippen molar-refractivity contribution in [2.24, 2.45) is 11.3 Å². The Morgan fingerprint density at radius 2 is 1.82 bits per heavy atom. The van der Waals surface area contributed by atoms with Gasteiger partial charge in [-0.2, -0.15) is 0 Å². The smallest absolute Gasteiger partial charge is 0.166 e. The summed E-state index contributed by atoms with van der Waals surface area (Å²) in [6, 6.07) is 0. The minimum atomic E-state index is 0.332. The van der Waals surface area contributed by atoms with Gasteiger partial charge in [-0.25, -0.2) is 0 Å². The third-order valence-corrected chi connectivity index (χ3v) is 3.14. The van der Waals surface area contributed by atoms with Crippen LogP contribution in [-0.2, 0) is 0 Å². The molecule has 0 aliphatic carbocycles. The van der Waals surface area contributed by atoms with Gasteiger partial charge in [0.1, 0.15) is 0 Å². The molecule has 0 aliphatic rings. The van der Waals surface area contributed by atoms with E-state index in [9.17, 15) is 0 Å². The quantitative estimate of drug-likeness (QED) is 0.512. The Morgan fingerprint density at radius 1 is 1.18 bits per heavy atom. The molecule has 0 saturated heterocycles. The molecule has 0 aromatic heterocycles. The van der Waals surface area contributed by atoms with Crippen LogP contribution < -0.4 is 10.6 Å². The first kappa shape index (κ1) is 16.7. The number of nitrogens with one attached hydrogen (secondary N) is 2.